The molecule has 0 saturated heterocycles. The molecule has 1 amide bonds. The number of para-hydroxylation sites is 1. The number of fused-ring (bicyclic) bond motifs is 1. The van der Waals surface area contributed by atoms with E-state index in [1.54, 1.807) is 7.05 Å². The van der Waals surface area contributed by atoms with Gasteiger partial charge in [0.05, 0.1) is 5.52 Å². The number of carbonyl (C=O) groups excluding carboxylic acids is 1. The highest BCUT2D eigenvalue weighted by Gasteiger charge is 2.15. The molecule has 0 radical (unpaired) electrons. The van der Waals surface area contributed by atoms with Crippen LogP contribution in [0.1, 0.15) is 23.3 Å². The highest BCUT2D eigenvalue weighted by Crippen LogP contribution is 2.18. The van der Waals surface area contributed by atoms with Crippen LogP contribution < -0.4 is 5.32 Å². The van der Waals surface area contributed by atoms with E-state index in [-0.39, 0.29) is 5.91 Å². The monoisotopic (exact) mass is 243 g/mol. The average molecular weight is 243 g/mol. The molecule has 0 aliphatic heterocycles. The number of aryl methyl sites for hydroxylation is 1. The fourth-order valence-electron chi connectivity index (χ4n) is 1.97. The number of amides is 1. The highest BCUT2D eigenvalue weighted by molar-refractivity contribution is 6.04. The lowest BCUT2D eigenvalue weighted by Gasteiger charge is -2.01. The fourth-order valence-corrected chi connectivity index (χ4v) is 1.97. The first-order valence-corrected chi connectivity index (χ1v) is 6.06. The van der Waals surface area contributed by atoms with Crippen molar-refractivity contribution >= 4 is 16.8 Å². The minimum Gasteiger partial charge on any atom is -0.354 e. The van der Waals surface area contributed by atoms with E-state index in [1.165, 1.54) is 0 Å². The summed E-state index contributed by atoms with van der Waals surface area (Å²) in [5.41, 5.74) is 1.49. The van der Waals surface area contributed by atoms with Gasteiger partial charge in [0.2, 0.25) is 0 Å². The summed E-state index contributed by atoms with van der Waals surface area (Å²) in [6.07, 6.45) is 3.82. The van der Waals surface area contributed by atoms with Crippen molar-refractivity contribution < 1.29 is 4.79 Å². The maximum Gasteiger partial charge on any atom is 0.272 e. The van der Waals surface area contributed by atoms with Crippen LogP contribution in [0.25, 0.3) is 10.9 Å². The summed E-state index contributed by atoms with van der Waals surface area (Å²) in [7, 11) is 1.62. The van der Waals surface area contributed by atoms with Crippen LogP contribution in [-0.2, 0) is 6.54 Å². The number of hydrogen-bond donors (Lipinski definition) is 1. The van der Waals surface area contributed by atoms with Crippen molar-refractivity contribution in [3.05, 3.63) is 42.6 Å². The van der Waals surface area contributed by atoms with Crippen LogP contribution in [0.4, 0.5) is 0 Å². The highest BCUT2D eigenvalue weighted by atomic mass is 16.1. The first kappa shape index (κ1) is 12.4. The Hall–Kier alpha value is -2.10. The van der Waals surface area contributed by atoms with Gasteiger partial charge < -0.3 is 5.32 Å². The van der Waals surface area contributed by atoms with Gasteiger partial charge in [0.25, 0.3) is 5.91 Å². The zero-order valence-electron chi connectivity index (χ0n) is 10.5. The molecule has 0 bridgehead atoms. The molecule has 0 aliphatic carbocycles. The minimum absolute atomic E-state index is 0.145. The third-order valence-electron chi connectivity index (χ3n) is 2.88. The molecule has 0 atom stereocenters. The number of allylic oxidation sites excluding steroid dienone is 1. The summed E-state index contributed by atoms with van der Waals surface area (Å²) in [5.74, 6) is -0.145. The van der Waals surface area contributed by atoms with Crippen molar-refractivity contribution in [1.82, 2.24) is 15.1 Å². The van der Waals surface area contributed by atoms with Gasteiger partial charge in [-0.3, -0.25) is 9.48 Å². The Morgan fingerprint density at radius 3 is 3.00 bits per heavy atom. The molecule has 0 fully saturated rings. The summed E-state index contributed by atoms with van der Waals surface area (Å²) in [6, 6.07) is 7.80. The number of benzene rings is 1. The Morgan fingerprint density at radius 1 is 1.50 bits per heavy atom. The summed E-state index contributed by atoms with van der Waals surface area (Å²) in [6.45, 7) is 4.50. The van der Waals surface area contributed by atoms with E-state index >= 15 is 0 Å². The molecular weight excluding hydrogens is 226 g/mol. The normalized spacial score (nSPS) is 10.5. The Kier molecular flexibility index (Phi) is 3.77. The predicted molar refractivity (Wildman–Crippen MR) is 72.6 cm³/mol. The molecule has 4 nitrogen and oxygen atoms in total. The minimum atomic E-state index is -0.145. The van der Waals surface area contributed by atoms with Crippen LogP contribution in [0.5, 0.6) is 0 Å². The molecule has 2 rings (SSSR count). The maximum atomic E-state index is 11.8. The quantitative estimate of drug-likeness (QED) is 0.647. The molecule has 0 aliphatic rings. The topological polar surface area (TPSA) is 46.9 Å². The van der Waals surface area contributed by atoms with Crippen LogP contribution in [0.2, 0.25) is 0 Å². The number of rotatable bonds is 5. The van der Waals surface area contributed by atoms with Gasteiger partial charge in [0, 0.05) is 19.0 Å². The van der Waals surface area contributed by atoms with E-state index in [0.717, 1.165) is 30.3 Å². The van der Waals surface area contributed by atoms with Gasteiger partial charge in [0.15, 0.2) is 5.69 Å². The molecule has 4 heteroatoms. The van der Waals surface area contributed by atoms with Crippen molar-refractivity contribution in [3.63, 3.8) is 0 Å². The molecule has 18 heavy (non-hydrogen) atoms. The number of nitrogens with zero attached hydrogens (tertiary/aromatic N) is 2. The molecule has 1 aromatic heterocycles. The summed E-state index contributed by atoms with van der Waals surface area (Å²) >= 11 is 0. The summed E-state index contributed by atoms with van der Waals surface area (Å²) in [5, 5.41) is 7.92. The van der Waals surface area contributed by atoms with Crippen LogP contribution >= 0.6 is 0 Å². The lowest BCUT2D eigenvalue weighted by atomic mass is 10.2. The van der Waals surface area contributed by atoms with Gasteiger partial charge in [-0.15, -0.1) is 6.58 Å². The fraction of sp³-hybridized carbons (Fsp3) is 0.286. The van der Waals surface area contributed by atoms with E-state index in [0.29, 0.717) is 5.69 Å². The third-order valence-corrected chi connectivity index (χ3v) is 2.88. The smallest absolute Gasteiger partial charge is 0.272 e. The number of hydrogen-bond acceptors (Lipinski definition) is 2. The second-order valence-corrected chi connectivity index (χ2v) is 4.10. The van der Waals surface area contributed by atoms with Gasteiger partial charge in [-0.05, 0) is 18.9 Å². The standard InChI is InChI=1S/C14H17N3O/c1-3-4-7-10-17-12-9-6-5-8-11(12)13(16-17)14(18)15-2/h3,5-6,8-9H,1,4,7,10H2,2H3,(H,15,18). The van der Waals surface area contributed by atoms with Crippen molar-refractivity contribution in [3.8, 4) is 0 Å². The Labute approximate surface area is 106 Å². The van der Waals surface area contributed by atoms with Crippen molar-refractivity contribution in [2.75, 3.05) is 7.05 Å². The molecule has 1 N–H and O–H groups in total. The van der Waals surface area contributed by atoms with Gasteiger partial charge in [-0.2, -0.15) is 5.10 Å². The zero-order valence-corrected chi connectivity index (χ0v) is 10.5. The SMILES string of the molecule is C=CCCCn1nc(C(=O)NC)c2ccccc21. The second-order valence-electron chi connectivity index (χ2n) is 4.10. The van der Waals surface area contributed by atoms with E-state index in [1.807, 2.05) is 35.0 Å². The van der Waals surface area contributed by atoms with Crippen LogP contribution in [-0.4, -0.2) is 22.7 Å². The Balaban J connectivity index is 2.40. The molecule has 1 heterocycles. The zero-order chi connectivity index (χ0) is 13.0. The number of nitrogens with one attached hydrogen (secondary N) is 1. The average Bonchev–Trinajstić information content (AvgIpc) is 2.78. The van der Waals surface area contributed by atoms with Crippen LogP contribution in [0.3, 0.4) is 0 Å². The van der Waals surface area contributed by atoms with Crippen LogP contribution in [0, 0.1) is 0 Å². The summed E-state index contributed by atoms with van der Waals surface area (Å²) in [4.78, 5) is 11.8. The lowest BCUT2D eigenvalue weighted by molar-refractivity contribution is 0.0959. The predicted octanol–water partition coefficient (Wildman–Crippen LogP) is 2.36. The molecule has 94 valence electrons. The Bertz CT molecular complexity index is 571. The Morgan fingerprint density at radius 2 is 2.28 bits per heavy atom. The van der Waals surface area contributed by atoms with Gasteiger partial charge in [0.1, 0.15) is 0 Å². The lowest BCUT2D eigenvalue weighted by Crippen LogP contribution is -2.19. The summed E-state index contributed by atoms with van der Waals surface area (Å²) < 4.78 is 1.89. The van der Waals surface area contributed by atoms with Crippen LogP contribution in [0.15, 0.2) is 36.9 Å². The maximum absolute atomic E-state index is 11.8. The van der Waals surface area contributed by atoms with Gasteiger partial charge in [-0.1, -0.05) is 24.3 Å². The third kappa shape index (κ3) is 2.27. The van der Waals surface area contributed by atoms with Crippen molar-refractivity contribution in [2.45, 2.75) is 19.4 Å². The van der Waals surface area contributed by atoms with E-state index in [2.05, 4.69) is 17.0 Å². The number of carbonyl (C=O) groups is 1. The van der Waals surface area contributed by atoms with E-state index < -0.39 is 0 Å². The number of unbranched alkanes of at least 4 members (excludes halogenated alkanes) is 1. The number of aromatic nitrogens is 2. The molecule has 2 aromatic rings. The molecule has 0 spiro atoms. The van der Waals surface area contributed by atoms with E-state index in [4.69, 9.17) is 0 Å². The second kappa shape index (κ2) is 5.49. The first-order valence-electron chi connectivity index (χ1n) is 6.06. The van der Waals surface area contributed by atoms with E-state index in [9.17, 15) is 4.79 Å². The molecular formula is C14H17N3O. The molecule has 0 saturated carbocycles. The van der Waals surface area contributed by atoms with Gasteiger partial charge >= 0.3 is 0 Å². The largest absolute Gasteiger partial charge is 0.354 e. The van der Waals surface area contributed by atoms with Crippen molar-refractivity contribution in [2.24, 2.45) is 0 Å². The van der Waals surface area contributed by atoms with Gasteiger partial charge in [-0.25, -0.2) is 0 Å². The molecule has 1 aromatic carbocycles. The first-order chi connectivity index (χ1) is 8.77. The molecule has 0 unspecified atom stereocenters. The van der Waals surface area contributed by atoms with Crippen molar-refractivity contribution in [1.29, 1.82) is 0 Å².